The van der Waals surface area contributed by atoms with Crippen molar-refractivity contribution in [2.45, 2.75) is 0 Å². The molecule has 12 heterocycles. The minimum Gasteiger partial charge on any atom is -0.308 e. The summed E-state index contributed by atoms with van der Waals surface area (Å²) in [6.07, 6.45) is 0. The molecule has 0 aliphatic carbocycles. The Morgan fingerprint density at radius 1 is 0.207 bits per heavy atom. The maximum atomic E-state index is 5.89. The maximum absolute atomic E-state index is 5.89. The molecule has 26 aromatic rings. The third-order valence-electron chi connectivity index (χ3n) is 25.1. The molecule has 534 valence electrons. The quantitative estimate of drug-likeness (QED) is 0.172. The Balaban J connectivity index is 0.643. The molecule has 2 aliphatic rings. The average molecular weight is 1540 g/mol. The van der Waals surface area contributed by atoms with E-state index in [1.54, 1.807) is 22.7 Å². The van der Waals surface area contributed by atoms with Gasteiger partial charge in [-0.25, -0.2) is 19.9 Å². The van der Waals surface area contributed by atoms with Gasteiger partial charge in [-0.2, -0.15) is 0 Å². The fraction of sp³-hybridized carbons (Fsp3) is 0. The van der Waals surface area contributed by atoms with E-state index in [0.29, 0.717) is 5.95 Å². The zero-order chi connectivity index (χ0) is 75.0. The summed E-state index contributed by atoms with van der Waals surface area (Å²) < 4.78 is 18.2. The predicted molar refractivity (Wildman–Crippen MR) is 492 cm³/mol. The van der Waals surface area contributed by atoms with Gasteiger partial charge in [0.15, 0.2) is 5.82 Å². The largest absolute Gasteiger partial charge is 0.308 e. The number of fused-ring (bicyclic) bond motifs is 34. The molecule has 0 amide bonds. The monoisotopic (exact) mass is 1540 g/mol. The second-order valence-electron chi connectivity index (χ2n) is 31.0. The minimum absolute atomic E-state index is 0.643. The smallest absolute Gasteiger partial charge is 0.235 e. The zero-order valence-electron chi connectivity index (χ0n) is 61.4. The molecule has 0 unspecified atom stereocenters. The Kier molecular flexibility index (Phi) is 12.2. The Morgan fingerprint density at radius 2 is 0.655 bits per heavy atom. The lowest BCUT2D eigenvalue weighted by molar-refractivity contribution is 1.02. The van der Waals surface area contributed by atoms with Crippen LogP contribution in [0, 0.1) is 0 Å². The molecule has 0 atom stereocenters. The average Bonchev–Trinajstić information content (AvgIpc) is 1.54. The van der Waals surface area contributed by atoms with Crippen LogP contribution < -0.4 is 0 Å². The van der Waals surface area contributed by atoms with Gasteiger partial charge < -0.3 is 9.13 Å². The number of hydrogen-bond donors (Lipinski definition) is 0. The van der Waals surface area contributed by atoms with Crippen molar-refractivity contribution in [1.29, 1.82) is 0 Å². The molecule has 0 fully saturated rings. The zero-order valence-corrected chi connectivity index (χ0v) is 64.7. The number of rotatable bonds is 5. The van der Waals surface area contributed by atoms with Gasteiger partial charge >= 0.3 is 0 Å². The number of thiophene rings is 4. The third kappa shape index (κ3) is 8.33. The number of benzene rings is 16. The second kappa shape index (κ2) is 22.8. The highest BCUT2D eigenvalue weighted by atomic mass is 32.1. The van der Waals surface area contributed by atoms with E-state index in [9.17, 15) is 0 Å². The van der Waals surface area contributed by atoms with Gasteiger partial charge in [0, 0.05) is 137 Å². The van der Waals surface area contributed by atoms with Crippen LogP contribution in [0.2, 0.25) is 0 Å². The molecule has 0 spiro atoms. The van der Waals surface area contributed by atoms with Crippen LogP contribution in [0.3, 0.4) is 0 Å². The van der Waals surface area contributed by atoms with Gasteiger partial charge in [-0.3, -0.25) is 9.13 Å². The van der Waals surface area contributed by atoms with Crippen LogP contribution >= 0.6 is 45.3 Å². The van der Waals surface area contributed by atoms with Crippen LogP contribution in [-0.2, 0) is 0 Å². The molecule has 10 aromatic heterocycles. The first-order valence-corrected chi connectivity index (χ1v) is 42.5. The van der Waals surface area contributed by atoms with Crippen LogP contribution in [0.4, 0.5) is 0 Å². The molecule has 16 aromatic carbocycles. The molecule has 0 radical (unpaired) electrons. The standard InChI is InChI=1S/C104H54N8S4/c1-3-22-61-59(20-1)63-24-5-12-33-81(63)109-85-51-73-65-26-7-14-35-83(65)111(87(73)53-75(85)70-32-19-31-69(61)99(70)109)102-96(106-103-98(105-102)72-30-11-18-39-91(72)116-103)57-42-45-93-78(47-57)68-43-40-55(50-94(68)114-93)58-48-79-62-23-4-2-21-60(62)64-25-6-13-34-82(64)110-86-52-74-66-27-8-15-36-84(66)112(88(74)54-76(86)80(49-58)100(79)110)104-107-95(101-97(108-104)71-29-10-17-38-90(71)115-101)56-41-44-92-77(46-56)67-28-9-16-37-89(67)113-92/h1-54H. The highest BCUT2D eigenvalue weighted by Gasteiger charge is 2.32. The number of hydrogen-bond acceptors (Lipinski definition) is 8. The van der Waals surface area contributed by atoms with E-state index in [1.165, 1.54) is 128 Å². The van der Waals surface area contributed by atoms with Crippen LogP contribution in [0.1, 0.15) is 0 Å². The highest BCUT2D eigenvalue weighted by molar-refractivity contribution is 7.27. The van der Waals surface area contributed by atoms with Crippen LogP contribution in [-0.4, -0.2) is 38.2 Å². The summed E-state index contributed by atoms with van der Waals surface area (Å²) >= 11 is 7.18. The number of aromatic nitrogens is 8. The van der Waals surface area contributed by atoms with E-state index in [-0.39, 0.29) is 0 Å². The summed E-state index contributed by atoms with van der Waals surface area (Å²) in [5.41, 5.74) is 29.0. The summed E-state index contributed by atoms with van der Waals surface area (Å²) in [6.45, 7) is 0. The van der Waals surface area contributed by atoms with Gasteiger partial charge in [-0.15, -0.1) is 45.3 Å². The molecular weight excluding hydrogens is 1490 g/mol. The van der Waals surface area contributed by atoms with Gasteiger partial charge in [-0.05, 0) is 143 Å². The SMILES string of the molecule is c1ccc2c(c1)-c1ccccc1-n1c3cc4c5ccccc5n(-c5nc(-c6ccc7sc8ccccc8c7c6)c6sc7ccccc7c6n5)c4cc3c3cc(-c4ccc5c(c4)sc4ccc(-c6nc7sc8ccccc8c7nc6-n6c7ccccc7c7cc8c(cc76)c6cccc7c6n8-c6ccccc6-c6ccccc6-7)cc45)cc-2c31. The summed E-state index contributed by atoms with van der Waals surface area (Å²) in [5, 5.41) is 16.4. The third-order valence-corrected chi connectivity index (χ3v) is 29.6. The lowest BCUT2D eigenvalue weighted by Gasteiger charge is -2.14. The topological polar surface area (TPSA) is 71.3 Å². The normalized spacial score (nSPS) is 12.7. The maximum Gasteiger partial charge on any atom is 0.235 e. The summed E-state index contributed by atoms with van der Waals surface area (Å²) in [4.78, 5) is 24.1. The Labute approximate surface area is 675 Å². The van der Waals surface area contributed by atoms with Gasteiger partial charge in [0.25, 0.3) is 0 Å². The minimum atomic E-state index is 0.643. The molecule has 8 nitrogen and oxygen atoms in total. The van der Waals surface area contributed by atoms with Crippen molar-refractivity contribution in [1.82, 2.24) is 38.2 Å². The first-order chi connectivity index (χ1) is 57.5. The number of para-hydroxylation sites is 5. The molecule has 0 saturated heterocycles. The first kappa shape index (κ1) is 62.3. The van der Waals surface area contributed by atoms with E-state index in [2.05, 4.69) is 346 Å². The fourth-order valence-corrected chi connectivity index (χ4v) is 24.5. The van der Waals surface area contributed by atoms with Crippen LogP contribution in [0.25, 0.3) is 270 Å². The lowest BCUT2D eigenvalue weighted by Crippen LogP contribution is -2.03. The Hall–Kier alpha value is -14.2. The molecule has 12 heteroatoms. The van der Waals surface area contributed by atoms with Gasteiger partial charge in [0.05, 0.1) is 71.4 Å². The molecular formula is C104H54N8S4. The van der Waals surface area contributed by atoms with E-state index in [4.69, 9.17) is 19.9 Å². The Bertz CT molecular complexity index is 9020. The lowest BCUT2D eigenvalue weighted by atomic mass is 9.91. The van der Waals surface area contributed by atoms with Crippen molar-refractivity contribution in [2.24, 2.45) is 0 Å². The molecule has 28 rings (SSSR count). The second-order valence-corrected chi connectivity index (χ2v) is 35.3. The predicted octanol–water partition coefficient (Wildman–Crippen LogP) is 29.4. The van der Waals surface area contributed by atoms with Crippen molar-refractivity contribution < 1.29 is 0 Å². The first-order valence-electron chi connectivity index (χ1n) is 39.2. The molecule has 116 heavy (non-hydrogen) atoms. The summed E-state index contributed by atoms with van der Waals surface area (Å²) in [6, 6.07) is 122. The van der Waals surface area contributed by atoms with Gasteiger partial charge in [0.2, 0.25) is 5.95 Å². The molecule has 2 aliphatic heterocycles. The van der Waals surface area contributed by atoms with E-state index >= 15 is 0 Å². The van der Waals surface area contributed by atoms with Gasteiger partial charge in [0.1, 0.15) is 16.0 Å². The molecule has 0 saturated carbocycles. The summed E-state index contributed by atoms with van der Waals surface area (Å²) in [7, 11) is 0. The van der Waals surface area contributed by atoms with Gasteiger partial charge in [-0.1, -0.05) is 218 Å². The summed E-state index contributed by atoms with van der Waals surface area (Å²) in [5.74, 6) is 1.44. The molecule has 0 N–H and O–H groups in total. The van der Waals surface area contributed by atoms with Crippen molar-refractivity contribution in [3.8, 4) is 101 Å². The van der Waals surface area contributed by atoms with Crippen LogP contribution in [0.5, 0.6) is 0 Å². The van der Waals surface area contributed by atoms with Crippen LogP contribution in [0.15, 0.2) is 328 Å². The van der Waals surface area contributed by atoms with Crippen molar-refractivity contribution in [3.05, 3.63) is 328 Å². The molecule has 0 bridgehead atoms. The fourth-order valence-electron chi connectivity index (χ4n) is 20.1. The van der Waals surface area contributed by atoms with Crippen molar-refractivity contribution >= 4 is 214 Å². The van der Waals surface area contributed by atoms with E-state index in [0.717, 1.165) is 136 Å². The van der Waals surface area contributed by atoms with E-state index in [1.807, 2.05) is 22.7 Å². The highest BCUT2D eigenvalue weighted by Crippen LogP contribution is 2.54. The van der Waals surface area contributed by atoms with Crippen molar-refractivity contribution in [3.63, 3.8) is 0 Å². The number of nitrogens with zero attached hydrogens (tertiary/aromatic N) is 8. The van der Waals surface area contributed by atoms with Crippen molar-refractivity contribution in [2.75, 3.05) is 0 Å². The Morgan fingerprint density at radius 3 is 1.33 bits per heavy atom. The van der Waals surface area contributed by atoms with E-state index < -0.39 is 0 Å².